The lowest BCUT2D eigenvalue weighted by Crippen LogP contribution is -2.03. The summed E-state index contributed by atoms with van der Waals surface area (Å²) >= 11 is 1.42. The fraction of sp³-hybridized carbons (Fsp3) is 0.571. The molecule has 1 atom stereocenters. The lowest BCUT2D eigenvalue weighted by atomic mass is 10.1. The van der Waals surface area contributed by atoms with E-state index in [0.717, 1.165) is 18.5 Å². The number of rotatable bonds is 2. The molecule has 0 amide bonds. The van der Waals surface area contributed by atoms with Crippen molar-refractivity contribution in [2.24, 2.45) is 0 Å². The minimum atomic E-state index is 0.562. The smallest absolute Gasteiger partial charge is 0.176 e. The third kappa shape index (κ3) is 2.22. The zero-order valence-electron chi connectivity index (χ0n) is 5.25. The van der Waals surface area contributed by atoms with E-state index in [0.29, 0.717) is 5.25 Å². The summed E-state index contributed by atoms with van der Waals surface area (Å²) in [5, 5.41) is 0.562. The maximum Gasteiger partial charge on any atom is 0.176 e. The second-order valence-corrected chi connectivity index (χ2v) is 3.27. The van der Waals surface area contributed by atoms with Gasteiger partial charge in [0.2, 0.25) is 0 Å². The van der Waals surface area contributed by atoms with Crippen LogP contribution in [0.15, 0.2) is 12.2 Å². The standard InChI is InChI=1S/C7H10OS/c8-6-9-7-4-2-1-3-5-7/h1-2,6-7H,3-5H2/t7-/m0/s1. The molecule has 0 aromatic rings. The fourth-order valence-corrected chi connectivity index (χ4v) is 1.62. The van der Waals surface area contributed by atoms with E-state index in [-0.39, 0.29) is 0 Å². The molecular formula is C7H10OS. The highest BCUT2D eigenvalue weighted by atomic mass is 32.2. The van der Waals surface area contributed by atoms with Gasteiger partial charge in [-0.15, -0.1) is 0 Å². The first kappa shape index (κ1) is 6.87. The van der Waals surface area contributed by atoms with Crippen LogP contribution in [-0.2, 0) is 4.79 Å². The van der Waals surface area contributed by atoms with Gasteiger partial charge in [-0.2, -0.15) is 0 Å². The summed E-state index contributed by atoms with van der Waals surface area (Å²) in [6.45, 7) is 0. The molecule has 0 bridgehead atoms. The summed E-state index contributed by atoms with van der Waals surface area (Å²) < 4.78 is 0. The van der Waals surface area contributed by atoms with Crippen molar-refractivity contribution < 1.29 is 4.79 Å². The molecule has 0 spiro atoms. The summed E-state index contributed by atoms with van der Waals surface area (Å²) in [6.07, 6.45) is 7.72. The van der Waals surface area contributed by atoms with Gasteiger partial charge in [0.15, 0.2) is 5.62 Å². The van der Waals surface area contributed by atoms with Crippen LogP contribution in [0, 0.1) is 0 Å². The Morgan fingerprint density at radius 3 is 3.00 bits per heavy atom. The molecule has 1 rings (SSSR count). The van der Waals surface area contributed by atoms with Gasteiger partial charge in [-0.1, -0.05) is 23.9 Å². The molecule has 0 aliphatic heterocycles. The predicted octanol–water partition coefficient (Wildman–Crippen LogP) is 2.02. The van der Waals surface area contributed by atoms with E-state index in [2.05, 4.69) is 12.2 Å². The minimum Gasteiger partial charge on any atom is -0.291 e. The SMILES string of the molecule is O=CS[C@H]1CC=CCC1. The first-order chi connectivity index (χ1) is 4.43. The normalized spacial score (nSPS) is 26.0. The van der Waals surface area contributed by atoms with E-state index in [1.807, 2.05) is 0 Å². The molecule has 0 saturated carbocycles. The number of carbonyl (C=O) groups excluding carboxylic acids is 1. The van der Waals surface area contributed by atoms with Crippen molar-refractivity contribution in [2.45, 2.75) is 24.5 Å². The van der Waals surface area contributed by atoms with Gasteiger partial charge in [0.1, 0.15) is 0 Å². The van der Waals surface area contributed by atoms with Crippen LogP contribution >= 0.6 is 11.8 Å². The Morgan fingerprint density at radius 2 is 2.44 bits per heavy atom. The van der Waals surface area contributed by atoms with Crippen molar-refractivity contribution in [3.05, 3.63) is 12.2 Å². The molecule has 0 N–H and O–H groups in total. The van der Waals surface area contributed by atoms with Gasteiger partial charge in [-0.25, -0.2) is 0 Å². The second kappa shape index (κ2) is 3.72. The Labute approximate surface area is 59.5 Å². The Hall–Kier alpha value is -0.240. The molecule has 0 heterocycles. The van der Waals surface area contributed by atoms with E-state index in [9.17, 15) is 4.79 Å². The minimum absolute atomic E-state index is 0.562. The molecule has 1 aliphatic carbocycles. The van der Waals surface area contributed by atoms with Crippen LogP contribution in [0.1, 0.15) is 19.3 Å². The van der Waals surface area contributed by atoms with Gasteiger partial charge >= 0.3 is 0 Å². The molecule has 0 aromatic heterocycles. The molecule has 1 aliphatic rings. The van der Waals surface area contributed by atoms with Gasteiger partial charge in [0.05, 0.1) is 0 Å². The van der Waals surface area contributed by atoms with Gasteiger partial charge in [0.25, 0.3) is 0 Å². The number of thioether (sulfide) groups is 1. The second-order valence-electron chi connectivity index (χ2n) is 2.14. The topological polar surface area (TPSA) is 17.1 Å². The largest absolute Gasteiger partial charge is 0.291 e. The fourth-order valence-electron chi connectivity index (χ4n) is 0.968. The van der Waals surface area contributed by atoms with E-state index >= 15 is 0 Å². The van der Waals surface area contributed by atoms with Crippen molar-refractivity contribution in [2.75, 3.05) is 0 Å². The first-order valence-electron chi connectivity index (χ1n) is 3.17. The van der Waals surface area contributed by atoms with E-state index in [1.165, 1.54) is 18.2 Å². The first-order valence-corrected chi connectivity index (χ1v) is 4.12. The van der Waals surface area contributed by atoms with Gasteiger partial charge in [-0.05, 0) is 19.3 Å². The number of hydrogen-bond donors (Lipinski definition) is 0. The monoisotopic (exact) mass is 142 g/mol. The molecule has 0 saturated heterocycles. The zero-order valence-corrected chi connectivity index (χ0v) is 6.06. The zero-order chi connectivity index (χ0) is 6.53. The molecule has 9 heavy (non-hydrogen) atoms. The predicted molar refractivity (Wildman–Crippen MR) is 41.1 cm³/mol. The van der Waals surface area contributed by atoms with Crippen molar-refractivity contribution in [3.8, 4) is 0 Å². The van der Waals surface area contributed by atoms with E-state index in [4.69, 9.17) is 0 Å². The third-order valence-corrected chi connectivity index (χ3v) is 2.39. The third-order valence-electron chi connectivity index (χ3n) is 1.47. The van der Waals surface area contributed by atoms with E-state index in [1.54, 1.807) is 0 Å². The Morgan fingerprint density at radius 1 is 1.56 bits per heavy atom. The highest BCUT2D eigenvalue weighted by Gasteiger charge is 2.08. The van der Waals surface area contributed by atoms with Crippen LogP contribution in [0.25, 0.3) is 0 Å². The number of allylic oxidation sites excluding steroid dienone is 2. The van der Waals surface area contributed by atoms with Crippen LogP contribution in [0.4, 0.5) is 0 Å². The van der Waals surface area contributed by atoms with Crippen LogP contribution < -0.4 is 0 Å². The van der Waals surface area contributed by atoms with E-state index < -0.39 is 0 Å². The average Bonchev–Trinajstić information content (AvgIpc) is 1.91. The van der Waals surface area contributed by atoms with Gasteiger partial charge in [0, 0.05) is 5.25 Å². The number of carbonyl (C=O) groups is 1. The molecule has 0 aromatic carbocycles. The Balaban J connectivity index is 2.26. The maximum atomic E-state index is 10.0. The Kier molecular flexibility index (Phi) is 2.84. The lowest BCUT2D eigenvalue weighted by molar-refractivity contribution is 0.569. The molecule has 0 radical (unpaired) electrons. The van der Waals surface area contributed by atoms with Crippen molar-refractivity contribution in [1.82, 2.24) is 0 Å². The summed E-state index contributed by atoms with van der Waals surface area (Å²) in [5.41, 5.74) is 0.948. The maximum absolute atomic E-state index is 10.0. The summed E-state index contributed by atoms with van der Waals surface area (Å²) in [4.78, 5) is 10.0. The van der Waals surface area contributed by atoms with Crippen LogP contribution in [0.5, 0.6) is 0 Å². The Bertz CT molecular complexity index is 120. The summed E-state index contributed by atoms with van der Waals surface area (Å²) in [7, 11) is 0. The highest BCUT2D eigenvalue weighted by molar-refractivity contribution is 8.12. The van der Waals surface area contributed by atoms with Crippen LogP contribution in [0.3, 0.4) is 0 Å². The quantitative estimate of drug-likeness (QED) is 0.433. The lowest BCUT2D eigenvalue weighted by Gasteiger charge is -2.12. The average molecular weight is 142 g/mol. The van der Waals surface area contributed by atoms with Gasteiger partial charge in [-0.3, -0.25) is 4.79 Å². The van der Waals surface area contributed by atoms with Crippen molar-refractivity contribution >= 4 is 17.4 Å². The molecular weight excluding hydrogens is 132 g/mol. The molecule has 50 valence electrons. The summed E-state index contributed by atoms with van der Waals surface area (Å²) in [5.74, 6) is 0. The number of hydrogen-bond acceptors (Lipinski definition) is 2. The van der Waals surface area contributed by atoms with Crippen molar-refractivity contribution in [1.29, 1.82) is 0 Å². The highest BCUT2D eigenvalue weighted by Crippen LogP contribution is 2.21. The van der Waals surface area contributed by atoms with Gasteiger partial charge < -0.3 is 0 Å². The molecule has 2 heteroatoms. The van der Waals surface area contributed by atoms with Crippen LogP contribution in [0.2, 0.25) is 0 Å². The molecule has 1 nitrogen and oxygen atoms in total. The summed E-state index contributed by atoms with van der Waals surface area (Å²) in [6, 6.07) is 0. The molecule has 0 unspecified atom stereocenters. The van der Waals surface area contributed by atoms with Crippen LogP contribution in [-0.4, -0.2) is 10.9 Å². The molecule has 0 fully saturated rings. The van der Waals surface area contributed by atoms with Crippen molar-refractivity contribution in [3.63, 3.8) is 0 Å².